The molecule has 3 nitrogen and oxygen atoms in total. The van der Waals surface area contributed by atoms with E-state index in [1.54, 1.807) is 6.07 Å². The van der Waals surface area contributed by atoms with Gasteiger partial charge >= 0.3 is 0 Å². The molecule has 1 aromatic rings. The van der Waals surface area contributed by atoms with E-state index in [0.717, 1.165) is 16.6 Å². The van der Waals surface area contributed by atoms with Gasteiger partial charge in [0.2, 0.25) is 0 Å². The Morgan fingerprint density at radius 2 is 2.24 bits per heavy atom. The molecular weight excluding hydrogens is 280 g/mol. The van der Waals surface area contributed by atoms with Crippen molar-refractivity contribution in [1.82, 2.24) is 0 Å². The first-order valence-electron chi connectivity index (χ1n) is 5.59. The van der Waals surface area contributed by atoms with Crippen LogP contribution in [0.25, 0.3) is 0 Å². The predicted octanol–water partition coefficient (Wildman–Crippen LogP) is 2.89. The van der Waals surface area contributed by atoms with E-state index in [1.807, 2.05) is 26.0 Å². The number of nitrogens with one attached hydrogen (secondary N) is 1. The number of nitrogens with zero attached hydrogens (tertiary/aromatic N) is 1. The zero-order chi connectivity index (χ0) is 12.6. The predicted molar refractivity (Wildman–Crippen MR) is 70.7 cm³/mol. The lowest BCUT2D eigenvalue weighted by Crippen LogP contribution is -2.56. The first kappa shape index (κ1) is 12.4. The van der Waals surface area contributed by atoms with E-state index in [4.69, 9.17) is 5.26 Å². The van der Waals surface area contributed by atoms with E-state index in [1.165, 1.54) is 0 Å². The molecular formula is C13H15BrN2O. The highest BCUT2D eigenvalue weighted by Gasteiger charge is 2.47. The van der Waals surface area contributed by atoms with Crippen molar-refractivity contribution in [1.29, 1.82) is 5.26 Å². The van der Waals surface area contributed by atoms with Gasteiger partial charge in [-0.15, -0.1) is 0 Å². The fourth-order valence-electron chi connectivity index (χ4n) is 2.07. The smallest absolute Gasteiger partial charge is 0.101 e. The van der Waals surface area contributed by atoms with E-state index in [-0.39, 0.29) is 17.6 Å². The highest BCUT2D eigenvalue weighted by Crippen LogP contribution is 2.42. The molecule has 1 aliphatic rings. The summed E-state index contributed by atoms with van der Waals surface area (Å²) >= 11 is 3.40. The molecule has 0 aromatic heterocycles. The lowest BCUT2D eigenvalue weighted by atomic mass is 9.64. The van der Waals surface area contributed by atoms with E-state index in [2.05, 4.69) is 27.3 Å². The number of aliphatic hydroxyl groups excluding tert-OH is 1. The summed E-state index contributed by atoms with van der Waals surface area (Å²) in [5.41, 5.74) is 1.31. The number of hydrogen-bond donors (Lipinski definition) is 2. The molecule has 2 rings (SSSR count). The lowest BCUT2D eigenvalue weighted by Gasteiger charge is -2.50. The normalized spacial score (nSPS) is 25.8. The van der Waals surface area contributed by atoms with E-state index in [9.17, 15) is 5.11 Å². The maximum absolute atomic E-state index is 9.69. The fraction of sp³-hybridized carbons (Fsp3) is 0.462. The molecule has 1 fully saturated rings. The fourth-order valence-corrected chi connectivity index (χ4v) is 2.43. The van der Waals surface area contributed by atoms with Crippen LogP contribution in [0.4, 0.5) is 5.69 Å². The van der Waals surface area contributed by atoms with Gasteiger partial charge in [-0.3, -0.25) is 0 Å². The minimum Gasteiger partial charge on any atom is -0.392 e. The van der Waals surface area contributed by atoms with Gasteiger partial charge in [0.1, 0.15) is 6.07 Å². The molecule has 0 radical (unpaired) electrons. The van der Waals surface area contributed by atoms with Gasteiger partial charge in [0.25, 0.3) is 0 Å². The highest BCUT2D eigenvalue weighted by atomic mass is 79.9. The van der Waals surface area contributed by atoms with Gasteiger partial charge in [-0.25, -0.2) is 0 Å². The summed E-state index contributed by atoms with van der Waals surface area (Å²) in [7, 11) is 0. The van der Waals surface area contributed by atoms with Crippen LogP contribution in [0.15, 0.2) is 22.7 Å². The molecule has 90 valence electrons. The maximum Gasteiger partial charge on any atom is 0.101 e. The van der Waals surface area contributed by atoms with Gasteiger partial charge in [0.05, 0.1) is 17.4 Å². The Morgan fingerprint density at radius 1 is 1.53 bits per heavy atom. The molecule has 0 spiro atoms. The largest absolute Gasteiger partial charge is 0.392 e. The van der Waals surface area contributed by atoms with Crippen LogP contribution < -0.4 is 5.32 Å². The molecule has 2 unspecified atom stereocenters. The van der Waals surface area contributed by atoms with Crippen LogP contribution in [-0.4, -0.2) is 17.3 Å². The van der Waals surface area contributed by atoms with Gasteiger partial charge in [-0.05, 0) is 24.6 Å². The van der Waals surface area contributed by atoms with Crippen LogP contribution in [0, 0.1) is 16.7 Å². The van der Waals surface area contributed by atoms with Crippen molar-refractivity contribution in [3.63, 3.8) is 0 Å². The van der Waals surface area contributed by atoms with Gasteiger partial charge in [-0.2, -0.15) is 5.26 Å². The summed E-state index contributed by atoms with van der Waals surface area (Å²) in [5, 5.41) is 22.1. The minimum absolute atomic E-state index is 0.144. The van der Waals surface area contributed by atoms with Crippen LogP contribution in [0.3, 0.4) is 0 Å². The zero-order valence-electron chi connectivity index (χ0n) is 9.87. The van der Waals surface area contributed by atoms with E-state index in [0.29, 0.717) is 5.56 Å². The third-order valence-corrected chi connectivity index (χ3v) is 4.14. The summed E-state index contributed by atoms with van der Waals surface area (Å²) in [6.45, 7) is 4.06. The first-order valence-corrected chi connectivity index (χ1v) is 6.38. The van der Waals surface area contributed by atoms with E-state index >= 15 is 0 Å². The summed E-state index contributed by atoms with van der Waals surface area (Å²) in [4.78, 5) is 0. The second-order valence-corrected chi connectivity index (χ2v) is 5.99. The van der Waals surface area contributed by atoms with Crippen LogP contribution in [0.5, 0.6) is 0 Å². The zero-order valence-corrected chi connectivity index (χ0v) is 11.5. The molecule has 0 bridgehead atoms. The Hall–Kier alpha value is -1.05. The molecule has 0 aliphatic heterocycles. The Labute approximate surface area is 110 Å². The third kappa shape index (κ3) is 2.18. The van der Waals surface area contributed by atoms with Crippen molar-refractivity contribution in [3.05, 3.63) is 28.2 Å². The monoisotopic (exact) mass is 294 g/mol. The Kier molecular flexibility index (Phi) is 3.15. The summed E-state index contributed by atoms with van der Waals surface area (Å²) < 4.78 is 0.941. The molecule has 17 heavy (non-hydrogen) atoms. The summed E-state index contributed by atoms with van der Waals surface area (Å²) in [6.07, 6.45) is 0.461. The Morgan fingerprint density at radius 3 is 2.76 bits per heavy atom. The molecule has 1 saturated carbocycles. The minimum atomic E-state index is -0.266. The SMILES string of the molecule is CC1(C)C(O)CC1Nc1cc(Br)ccc1C#N. The number of aliphatic hydroxyl groups is 1. The number of rotatable bonds is 2. The van der Waals surface area contributed by atoms with Gasteiger partial charge in [0, 0.05) is 15.9 Å². The molecule has 1 aromatic carbocycles. The highest BCUT2D eigenvalue weighted by molar-refractivity contribution is 9.10. The topological polar surface area (TPSA) is 56.0 Å². The van der Waals surface area contributed by atoms with E-state index < -0.39 is 0 Å². The second kappa shape index (κ2) is 4.32. The van der Waals surface area contributed by atoms with Crippen molar-refractivity contribution in [2.24, 2.45) is 5.41 Å². The first-order chi connectivity index (χ1) is 7.95. The molecule has 2 atom stereocenters. The van der Waals surface area contributed by atoms with Crippen molar-refractivity contribution in [2.45, 2.75) is 32.4 Å². The number of benzene rings is 1. The van der Waals surface area contributed by atoms with Gasteiger partial charge < -0.3 is 10.4 Å². The Bertz CT molecular complexity index is 479. The Balaban J connectivity index is 2.20. The lowest BCUT2D eigenvalue weighted by molar-refractivity contribution is -0.0510. The number of hydrogen-bond acceptors (Lipinski definition) is 3. The van der Waals surface area contributed by atoms with Crippen LogP contribution in [0.1, 0.15) is 25.8 Å². The van der Waals surface area contributed by atoms with Crippen LogP contribution in [0.2, 0.25) is 0 Å². The number of anilines is 1. The average molecular weight is 295 g/mol. The molecule has 1 aliphatic carbocycles. The van der Waals surface area contributed by atoms with Crippen molar-refractivity contribution >= 4 is 21.6 Å². The number of nitriles is 1. The quantitative estimate of drug-likeness (QED) is 0.882. The van der Waals surface area contributed by atoms with Crippen molar-refractivity contribution < 1.29 is 5.11 Å². The summed E-state index contributed by atoms with van der Waals surface area (Å²) in [6, 6.07) is 7.92. The second-order valence-electron chi connectivity index (χ2n) is 5.07. The number of halogens is 1. The van der Waals surface area contributed by atoms with Crippen LogP contribution in [-0.2, 0) is 0 Å². The van der Waals surface area contributed by atoms with Gasteiger partial charge in [0.15, 0.2) is 0 Å². The van der Waals surface area contributed by atoms with Gasteiger partial charge in [-0.1, -0.05) is 29.8 Å². The average Bonchev–Trinajstić information content (AvgIpc) is 2.29. The standard InChI is InChI=1S/C13H15BrN2O/c1-13(2)11(6-12(13)17)16-10-5-9(14)4-3-8(10)7-15/h3-5,11-12,16-17H,6H2,1-2H3. The molecule has 0 saturated heterocycles. The summed E-state index contributed by atoms with van der Waals surface area (Å²) in [5.74, 6) is 0. The maximum atomic E-state index is 9.69. The molecule has 0 amide bonds. The van der Waals surface area contributed by atoms with Crippen molar-refractivity contribution in [3.8, 4) is 6.07 Å². The molecule has 4 heteroatoms. The molecule has 0 heterocycles. The van der Waals surface area contributed by atoms with Crippen LogP contribution >= 0.6 is 15.9 Å². The molecule has 2 N–H and O–H groups in total. The third-order valence-electron chi connectivity index (χ3n) is 3.65. The van der Waals surface area contributed by atoms with Crippen molar-refractivity contribution in [2.75, 3.05) is 5.32 Å².